The van der Waals surface area contributed by atoms with Gasteiger partial charge in [-0.3, -0.25) is 4.79 Å². The maximum atomic E-state index is 13.7. The molecule has 0 saturated carbocycles. The molecule has 0 aliphatic carbocycles. The molecule has 2 rings (SSSR count). The molecule has 1 amide bonds. The van der Waals surface area contributed by atoms with Crippen molar-refractivity contribution in [2.45, 2.75) is 25.8 Å². The molecule has 4 nitrogen and oxygen atoms in total. The summed E-state index contributed by atoms with van der Waals surface area (Å²) in [6.07, 6.45) is 1.92. The molecular weight excluding hydrogens is 295 g/mol. The summed E-state index contributed by atoms with van der Waals surface area (Å²) in [4.78, 5) is 12.1. The zero-order chi connectivity index (χ0) is 14.5. The summed E-state index contributed by atoms with van der Waals surface area (Å²) in [7, 11) is 1.43. The molecule has 1 heterocycles. The molecule has 1 fully saturated rings. The van der Waals surface area contributed by atoms with Crippen molar-refractivity contribution in [2.24, 2.45) is 5.92 Å². The highest BCUT2D eigenvalue weighted by molar-refractivity contribution is 5.85. The van der Waals surface area contributed by atoms with Crippen LogP contribution in [0.15, 0.2) is 18.2 Å². The van der Waals surface area contributed by atoms with Gasteiger partial charge in [0.15, 0.2) is 11.6 Å². The maximum absolute atomic E-state index is 13.7. The van der Waals surface area contributed by atoms with Crippen LogP contribution in [-0.4, -0.2) is 26.1 Å². The average Bonchev–Trinajstić information content (AvgIpc) is 2.48. The van der Waals surface area contributed by atoms with Gasteiger partial charge < -0.3 is 15.4 Å². The normalized spacial score (nSPS) is 19.3. The van der Waals surface area contributed by atoms with E-state index in [2.05, 4.69) is 10.6 Å². The number of carbonyl (C=O) groups is 1. The van der Waals surface area contributed by atoms with Crippen molar-refractivity contribution in [3.05, 3.63) is 29.6 Å². The second kappa shape index (κ2) is 8.20. The van der Waals surface area contributed by atoms with Crippen molar-refractivity contribution < 1.29 is 13.9 Å². The fourth-order valence-corrected chi connectivity index (χ4v) is 2.44. The zero-order valence-electron chi connectivity index (χ0n) is 12.3. The molecule has 1 aliphatic heterocycles. The van der Waals surface area contributed by atoms with Crippen molar-refractivity contribution in [1.82, 2.24) is 10.6 Å². The van der Waals surface area contributed by atoms with Gasteiger partial charge in [-0.15, -0.1) is 12.4 Å². The third kappa shape index (κ3) is 4.58. The first-order chi connectivity index (χ1) is 9.61. The smallest absolute Gasteiger partial charge is 0.224 e. The van der Waals surface area contributed by atoms with Crippen LogP contribution in [0, 0.1) is 11.7 Å². The van der Waals surface area contributed by atoms with Gasteiger partial charge in [0.2, 0.25) is 5.91 Å². The fourth-order valence-electron chi connectivity index (χ4n) is 2.44. The topological polar surface area (TPSA) is 50.4 Å². The minimum absolute atomic E-state index is 0. The third-order valence-electron chi connectivity index (χ3n) is 3.70. The second-order valence-electron chi connectivity index (χ2n) is 5.17. The van der Waals surface area contributed by atoms with Crippen LogP contribution in [-0.2, 0) is 4.79 Å². The van der Waals surface area contributed by atoms with Gasteiger partial charge in [-0.25, -0.2) is 4.39 Å². The molecule has 118 valence electrons. The van der Waals surface area contributed by atoms with Crippen molar-refractivity contribution in [1.29, 1.82) is 0 Å². The van der Waals surface area contributed by atoms with Crippen LogP contribution in [0.25, 0.3) is 0 Å². The first kappa shape index (κ1) is 17.7. The van der Waals surface area contributed by atoms with E-state index >= 15 is 0 Å². The number of carbonyl (C=O) groups excluding carboxylic acids is 1. The number of piperidine rings is 1. The van der Waals surface area contributed by atoms with Gasteiger partial charge in [0.1, 0.15) is 0 Å². The molecule has 1 aromatic rings. The Morgan fingerprint density at radius 1 is 1.52 bits per heavy atom. The first-order valence-electron chi connectivity index (χ1n) is 6.96. The first-order valence-corrected chi connectivity index (χ1v) is 6.96. The maximum Gasteiger partial charge on any atom is 0.224 e. The molecule has 1 unspecified atom stereocenters. The summed E-state index contributed by atoms with van der Waals surface area (Å²) in [5.74, 6) is -0.163. The third-order valence-corrected chi connectivity index (χ3v) is 3.70. The zero-order valence-corrected chi connectivity index (χ0v) is 13.1. The van der Waals surface area contributed by atoms with Gasteiger partial charge in [0.25, 0.3) is 0 Å². The number of ether oxygens (including phenoxy) is 1. The molecule has 1 aromatic carbocycles. The summed E-state index contributed by atoms with van der Waals surface area (Å²) in [6.45, 7) is 3.55. The number of hydrogen-bond acceptors (Lipinski definition) is 3. The molecule has 2 N–H and O–H groups in total. The van der Waals surface area contributed by atoms with Crippen LogP contribution in [0.3, 0.4) is 0 Å². The van der Waals surface area contributed by atoms with Gasteiger partial charge in [0.05, 0.1) is 19.1 Å². The average molecular weight is 317 g/mol. The number of halogens is 2. The monoisotopic (exact) mass is 316 g/mol. The molecule has 0 bridgehead atoms. The Labute approximate surface area is 130 Å². The number of nitrogens with one attached hydrogen (secondary N) is 2. The number of rotatable bonds is 4. The van der Waals surface area contributed by atoms with Crippen molar-refractivity contribution in [3.63, 3.8) is 0 Å². The summed E-state index contributed by atoms with van der Waals surface area (Å²) in [6, 6.07) is 4.54. The molecule has 0 radical (unpaired) electrons. The standard InChI is InChI=1S/C15H21FN2O2.ClH/c1-10(11-5-6-14(20-2)13(16)8-11)18-15(19)12-4-3-7-17-9-12;/h5-6,8,10,12,17H,3-4,7,9H2,1-2H3,(H,18,19);1H/t10?,12-;/m1./s1. The SMILES string of the molecule is COc1ccc(C(C)NC(=O)[C@@H]2CCCNC2)cc1F.Cl. The Morgan fingerprint density at radius 2 is 2.29 bits per heavy atom. The highest BCUT2D eigenvalue weighted by Crippen LogP contribution is 2.22. The Bertz CT molecular complexity index is 479. The second-order valence-corrected chi connectivity index (χ2v) is 5.17. The number of hydrogen-bond donors (Lipinski definition) is 2. The van der Waals surface area contributed by atoms with Crippen molar-refractivity contribution in [2.75, 3.05) is 20.2 Å². The Balaban J connectivity index is 0.00000220. The summed E-state index contributed by atoms with van der Waals surface area (Å²) in [5.41, 5.74) is 0.736. The lowest BCUT2D eigenvalue weighted by molar-refractivity contribution is -0.126. The minimum atomic E-state index is -0.412. The van der Waals surface area contributed by atoms with E-state index in [0.717, 1.165) is 31.5 Å². The highest BCUT2D eigenvalue weighted by atomic mass is 35.5. The molecule has 6 heteroatoms. The predicted octanol–water partition coefficient (Wildman–Crippen LogP) is 2.43. The molecule has 1 saturated heterocycles. The largest absolute Gasteiger partial charge is 0.494 e. The van der Waals surface area contributed by atoms with Gasteiger partial charge in [-0.05, 0) is 44.0 Å². The fraction of sp³-hybridized carbons (Fsp3) is 0.533. The predicted molar refractivity (Wildman–Crippen MR) is 82.4 cm³/mol. The number of amides is 1. The van der Waals surface area contributed by atoms with Gasteiger partial charge >= 0.3 is 0 Å². The minimum Gasteiger partial charge on any atom is -0.494 e. The quantitative estimate of drug-likeness (QED) is 0.897. The van der Waals surface area contributed by atoms with Crippen LogP contribution in [0.5, 0.6) is 5.75 Å². The number of methoxy groups -OCH3 is 1. The van der Waals surface area contributed by atoms with E-state index in [1.807, 2.05) is 6.92 Å². The Hall–Kier alpha value is -1.33. The molecule has 0 spiro atoms. The van der Waals surface area contributed by atoms with Gasteiger partial charge in [0, 0.05) is 6.54 Å². The van der Waals surface area contributed by atoms with Crippen molar-refractivity contribution >= 4 is 18.3 Å². The highest BCUT2D eigenvalue weighted by Gasteiger charge is 2.22. The van der Waals surface area contributed by atoms with E-state index < -0.39 is 5.82 Å². The van der Waals surface area contributed by atoms with Gasteiger partial charge in [-0.2, -0.15) is 0 Å². The Kier molecular flexibility index (Phi) is 6.92. The molecular formula is C15H22ClFN2O2. The van der Waals surface area contributed by atoms with E-state index in [0.29, 0.717) is 0 Å². The summed E-state index contributed by atoms with van der Waals surface area (Å²) >= 11 is 0. The lowest BCUT2D eigenvalue weighted by atomic mass is 9.98. The van der Waals surface area contributed by atoms with E-state index in [4.69, 9.17) is 4.74 Å². The van der Waals surface area contributed by atoms with Crippen LogP contribution in [0.1, 0.15) is 31.4 Å². The molecule has 21 heavy (non-hydrogen) atoms. The lowest BCUT2D eigenvalue weighted by Crippen LogP contribution is -2.41. The molecule has 1 aliphatic rings. The Morgan fingerprint density at radius 3 is 2.86 bits per heavy atom. The molecule has 0 aromatic heterocycles. The molecule has 2 atom stereocenters. The summed E-state index contributed by atoms with van der Waals surface area (Å²) < 4.78 is 18.5. The van der Waals surface area contributed by atoms with E-state index in [1.165, 1.54) is 13.2 Å². The van der Waals surface area contributed by atoms with E-state index in [1.54, 1.807) is 12.1 Å². The lowest BCUT2D eigenvalue weighted by Gasteiger charge is -2.24. The van der Waals surface area contributed by atoms with Gasteiger partial charge in [-0.1, -0.05) is 6.07 Å². The van der Waals surface area contributed by atoms with Crippen molar-refractivity contribution in [3.8, 4) is 5.75 Å². The van der Waals surface area contributed by atoms with E-state index in [9.17, 15) is 9.18 Å². The van der Waals surface area contributed by atoms with Crippen LogP contribution in [0.2, 0.25) is 0 Å². The number of benzene rings is 1. The van der Waals surface area contributed by atoms with Crippen LogP contribution >= 0.6 is 12.4 Å². The van der Waals surface area contributed by atoms with Crippen LogP contribution < -0.4 is 15.4 Å². The van der Waals surface area contributed by atoms with E-state index in [-0.39, 0.29) is 36.0 Å². The summed E-state index contributed by atoms with van der Waals surface area (Å²) in [5, 5.41) is 6.16. The van der Waals surface area contributed by atoms with Crippen LogP contribution in [0.4, 0.5) is 4.39 Å².